The molecule has 0 fully saturated rings. The summed E-state index contributed by atoms with van der Waals surface area (Å²) in [6.07, 6.45) is 6.17. The third kappa shape index (κ3) is 4.96. The first-order valence-corrected chi connectivity index (χ1v) is 8.61. The van der Waals surface area contributed by atoms with Crippen LogP contribution in [0.2, 0.25) is 10.0 Å². The maximum absolute atomic E-state index is 12.2. The maximum atomic E-state index is 12.2. The van der Waals surface area contributed by atoms with E-state index in [-0.39, 0.29) is 26.9 Å². The predicted molar refractivity (Wildman–Crippen MR) is 82.0 cm³/mol. The fraction of sp³-hybridized carbons (Fsp3) is 0.308. The molecule has 0 saturated carbocycles. The quantitative estimate of drug-likeness (QED) is 0.471. The normalized spacial score (nSPS) is 11.2. The molecule has 1 aromatic heterocycles. The van der Waals surface area contributed by atoms with Crippen molar-refractivity contribution >= 4 is 33.2 Å². The summed E-state index contributed by atoms with van der Waals surface area (Å²) in [4.78, 5) is 2.98. The second-order valence-corrected chi connectivity index (χ2v) is 7.18. The zero-order valence-corrected chi connectivity index (χ0v) is 15.7. The van der Waals surface area contributed by atoms with Crippen molar-refractivity contribution in [1.82, 2.24) is 9.71 Å². The molecular weight excluding hydrogens is 413 g/mol. The second kappa shape index (κ2) is 8.31. The number of aromatic amines is 1. The highest BCUT2D eigenvalue weighted by Crippen LogP contribution is 2.27. The molecule has 9 heteroatoms. The SMILES string of the molecule is Cc1cc(S(=O)(=O)NCCC[n+]2cc[nH]c2)c(Cl)cc1Cl.[Br-]. The molecule has 0 aliphatic carbocycles. The number of sulfonamides is 1. The minimum absolute atomic E-state index is 0. The summed E-state index contributed by atoms with van der Waals surface area (Å²) in [5.74, 6) is 0. The Balaban J connectivity index is 0.00000242. The van der Waals surface area contributed by atoms with Crippen LogP contribution in [0.1, 0.15) is 12.0 Å². The molecule has 0 saturated heterocycles. The van der Waals surface area contributed by atoms with Crippen molar-refractivity contribution in [2.45, 2.75) is 24.8 Å². The lowest BCUT2D eigenvalue weighted by Gasteiger charge is -2.09. The number of H-pyrrole nitrogens is 1. The van der Waals surface area contributed by atoms with Crippen LogP contribution in [0.25, 0.3) is 0 Å². The summed E-state index contributed by atoms with van der Waals surface area (Å²) in [5.41, 5.74) is 0.671. The minimum Gasteiger partial charge on any atom is -1.00 e. The van der Waals surface area contributed by atoms with Crippen molar-refractivity contribution in [1.29, 1.82) is 0 Å². The van der Waals surface area contributed by atoms with Crippen molar-refractivity contribution in [3.63, 3.8) is 0 Å². The number of benzene rings is 1. The van der Waals surface area contributed by atoms with Gasteiger partial charge in [0.05, 0.1) is 11.6 Å². The molecule has 0 atom stereocenters. The van der Waals surface area contributed by atoms with Crippen LogP contribution in [0, 0.1) is 6.92 Å². The van der Waals surface area contributed by atoms with E-state index in [9.17, 15) is 8.42 Å². The summed E-state index contributed by atoms with van der Waals surface area (Å²) in [7, 11) is -3.63. The summed E-state index contributed by atoms with van der Waals surface area (Å²) in [5, 5.41) is 0.570. The van der Waals surface area contributed by atoms with Gasteiger partial charge in [0.1, 0.15) is 17.3 Å². The number of rotatable bonds is 6. The van der Waals surface area contributed by atoms with Gasteiger partial charge in [-0.25, -0.2) is 17.7 Å². The molecule has 0 unspecified atom stereocenters. The lowest BCUT2D eigenvalue weighted by atomic mass is 10.2. The fourth-order valence-corrected chi connectivity index (χ4v) is 3.75. The Morgan fingerprint density at radius 1 is 1.27 bits per heavy atom. The van der Waals surface area contributed by atoms with Crippen LogP contribution in [0.3, 0.4) is 0 Å². The topological polar surface area (TPSA) is 65.8 Å². The van der Waals surface area contributed by atoms with Crippen LogP contribution in [-0.4, -0.2) is 19.9 Å². The van der Waals surface area contributed by atoms with Crippen LogP contribution in [0.5, 0.6) is 0 Å². The molecule has 122 valence electrons. The molecule has 0 radical (unpaired) electrons. The molecule has 0 amide bonds. The van der Waals surface area contributed by atoms with Crippen molar-refractivity contribution in [2.75, 3.05) is 6.54 Å². The van der Waals surface area contributed by atoms with Gasteiger partial charge in [0.15, 0.2) is 0 Å². The molecule has 2 N–H and O–H groups in total. The van der Waals surface area contributed by atoms with Crippen LogP contribution in [0.15, 0.2) is 35.7 Å². The number of aryl methyl sites for hydroxylation is 2. The van der Waals surface area contributed by atoms with Crippen LogP contribution in [-0.2, 0) is 16.6 Å². The summed E-state index contributed by atoms with van der Waals surface area (Å²) < 4.78 is 28.9. The van der Waals surface area contributed by atoms with Gasteiger partial charge >= 0.3 is 0 Å². The van der Waals surface area contributed by atoms with Gasteiger partial charge < -0.3 is 17.0 Å². The average molecular weight is 429 g/mol. The van der Waals surface area contributed by atoms with E-state index in [0.717, 1.165) is 6.54 Å². The van der Waals surface area contributed by atoms with E-state index in [4.69, 9.17) is 23.2 Å². The summed E-state index contributed by atoms with van der Waals surface area (Å²) >= 11 is 11.9. The van der Waals surface area contributed by atoms with Gasteiger partial charge in [0, 0.05) is 11.6 Å². The van der Waals surface area contributed by atoms with Crippen molar-refractivity contribution in [3.05, 3.63) is 46.5 Å². The largest absolute Gasteiger partial charge is 1.00 e. The number of hydrogen-bond acceptors (Lipinski definition) is 2. The summed E-state index contributed by atoms with van der Waals surface area (Å²) in [6, 6.07) is 2.93. The molecule has 5 nitrogen and oxygen atoms in total. The van der Waals surface area contributed by atoms with Crippen molar-refractivity contribution < 1.29 is 30.0 Å². The Bertz CT molecular complexity index is 721. The Morgan fingerprint density at radius 3 is 2.64 bits per heavy atom. The lowest BCUT2D eigenvalue weighted by Crippen LogP contribution is -3.00. The molecule has 0 spiro atoms. The molecule has 0 bridgehead atoms. The average Bonchev–Trinajstić information content (AvgIpc) is 2.92. The van der Waals surface area contributed by atoms with Crippen LogP contribution in [0.4, 0.5) is 0 Å². The van der Waals surface area contributed by atoms with E-state index in [1.165, 1.54) is 12.1 Å². The van der Waals surface area contributed by atoms with Gasteiger partial charge in [-0.3, -0.25) is 4.98 Å². The van der Waals surface area contributed by atoms with E-state index in [2.05, 4.69) is 9.71 Å². The summed E-state index contributed by atoms with van der Waals surface area (Å²) in [6.45, 7) is 2.79. The van der Waals surface area contributed by atoms with E-state index in [0.29, 0.717) is 23.6 Å². The highest BCUT2D eigenvalue weighted by Gasteiger charge is 2.18. The van der Waals surface area contributed by atoms with E-state index in [1.807, 2.05) is 17.1 Å². The third-order valence-electron chi connectivity index (χ3n) is 2.99. The van der Waals surface area contributed by atoms with Gasteiger partial charge in [-0.1, -0.05) is 23.2 Å². The van der Waals surface area contributed by atoms with Crippen molar-refractivity contribution in [2.24, 2.45) is 0 Å². The van der Waals surface area contributed by atoms with Gasteiger partial charge in [0.2, 0.25) is 16.4 Å². The minimum atomic E-state index is -3.63. The molecule has 2 rings (SSSR count). The highest BCUT2D eigenvalue weighted by molar-refractivity contribution is 7.89. The number of aromatic nitrogens is 2. The zero-order valence-electron chi connectivity index (χ0n) is 11.8. The smallest absolute Gasteiger partial charge is 0.242 e. The number of hydrogen-bond donors (Lipinski definition) is 2. The molecule has 22 heavy (non-hydrogen) atoms. The first-order valence-electron chi connectivity index (χ1n) is 6.37. The molecule has 0 aliphatic heterocycles. The predicted octanol–water partition coefficient (Wildman–Crippen LogP) is -0.710. The number of halogens is 3. The Hall–Kier alpha value is -0.600. The van der Waals surface area contributed by atoms with E-state index >= 15 is 0 Å². The van der Waals surface area contributed by atoms with E-state index < -0.39 is 10.0 Å². The molecule has 0 aliphatic rings. The third-order valence-corrected chi connectivity index (χ3v) is 5.32. The zero-order chi connectivity index (χ0) is 15.5. The van der Waals surface area contributed by atoms with Gasteiger partial charge in [-0.05, 0) is 31.0 Å². The van der Waals surface area contributed by atoms with Gasteiger partial charge in [-0.2, -0.15) is 0 Å². The number of nitrogens with one attached hydrogen (secondary N) is 2. The standard InChI is InChI=1S/C13H15Cl2N3O2S.BrH/c1-10-7-13(12(15)8-11(10)14)21(19,20)17-3-2-5-18-6-4-16-9-18;/h4,6-9,17H,2-3,5H2,1H3;1H. The second-order valence-electron chi connectivity index (χ2n) is 4.63. The number of nitrogens with zero attached hydrogens (tertiary/aromatic N) is 1. The first-order chi connectivity index (χ1) is 9.90. The molecule has 2 aromatic rings. The Morgan fingerprint density at radius 2 is 2.00 bits per heavy atom. The molecule has 1 heterocycles. The van der Waals surface area contributed by atoms with Crippen molar-refractivity contribution in [3.8, 4) is 0 Å². The fourth-order valence-electron chi connectivity index (χ4n) is 1.84. The number of imidazole rings is 1. The van der Waals surface area contributed by atoms with Crippen LogP contribution < -0.4 is 26.3 Å². The monoisotopic (exact) mass is 427 g/mol. The van der Waals surface area contributed by atoms with Crippen LogP contribution >= 0.6 is 23.2 Å². The Kier molecular flexibility index (Phi) is 7.34. The lowest BCUT2D eigenvalue weighted by molar-refractivity contribution is -0.695. The highest BCUT2D eigenvalue weighted by atomic mass is 79.9. The van der Waals surface area contributed by atoms with Gasteiger partial charge in [0.25, 0.3) is 0 Å². The molecule has 1 aromatic carbocycles. The maximum Gasteiger partial charge on any atom is 0.242 e. The first kappa shape index (κ1) is 19.4. The van der Waals surface area contributed by atoms with E-state index in [1.54, 1.807) is 13.1 Å². The molecular formula is C13H16BrCl2N3O2S. The van der Waals surface area contributed by atoms with Gasteiger partial charge in [-0.15, -0.1) is 0 Å². The Labute approximate surface area is 150 Å².